The van der Waals surface area contributed by atoms with Crippen molar-refractivity contribution in [2.45, 2.75) is 46.7 Å². The predicted molar refractivity (Wildman–Crippen MR) is 162 cm³/mol. The monoisotopic (exact) mass is 530 g/mol. The summed E-state index contributed by atoms with van der Waals surface area (Å²) in [6, 6.07) is 22.2. The highest BCUT2D eigenvalue weighted by Gasteiger charge is 2.15. The molecular formula is C32H42N4O3. The van der Waals surface area contributed by atoms with Crippen molar-refractivity contribution >= 4 is 34.1 Å². The average molecular weight is 531 g/mol. The van der Waals surface area contributed by atoms with E-state index >= 15 is 0 Å². The number of amides is 2. The van der Waals surface area contributed by atoms with Gasteiger partial charge in [-0.05, 0) is 55.3 Å². The molecule has 2 amide bonds. The molecule has 0 aliphatic rings. The van der Waals surface area contributed by atoms with Gasteiger partial charge in [0.05, 0.1) is 0 Å². The molecule has 0 saturated heterocycles. The standard InChI is InChI=1S/C29H31N3O3.C2H6.CH5N/c1-20(33)11-8-9-18-30-28(34)29(35)31-19-24-13-5-6-15-25(24)21(2)32-22(3)26-17-10-14-23-12-4-7-16-27(23)26;2*1-2/h4-8,10-17,22,32H,2,9,18-19H2,1,3H3,(H,30,34)(H,31,35);1-2H3;2H2,1H3/b11-8+;;. The smallest absolute Gasteiger partial charge is 0.309 e. The quantitative estimate of drug-likeness (QED) is 0.167. The van der Waals surface area contributed by atoms with Crippen LogP contribution in [0.25, 0.3) is 16.5 Å². The number of carbonyl (C=O) groups is 3. The number of ketones is 1. The molecule has 0 spiro atoms. The molecule has 0 heterocycles. The molecule has 1 atom stereocenters. The van der Waals surface area contributed by atoms with E-state index in [0.29, 0.717) is 6.42 Å². The van der Waals surface area contributed by atoms with E-state index in [1.807, 2.05) is 56.3 Å². The lowest BCUT2D eigenvalue weighted by Crippen LogP contribution is -2.40. The molecule has 5 N–H and O–H groups in total. The van der Waals surface area contributed by atoms with Crippen LogP contribution in [0.5, 0.6) is 0 Å². The Morgan fingerprint density at radius 3 is 2.23 bits per heavy atom. The van der Waals surface area contributed by atoms with Crippen molar-refractivity contribution < 1.29 is 14.4 Å². The van der Waals surface area contributed by atoms with Gasteiger partial charge in [0.15, 0.2) is 5.78 Å². The first-order valence-electron chi connectivity index (χ1n) is 13.2. The van der Waals surface area contributed by atoms with Crippen LogP contribution in [0.15, 0.2) is 85.5 Å². The molecule has 39 heavy (non-hydrogen) atoms. The van der Waals surface area contributed by atoms with E-state index in [4.69, 9.17) is 0 Å². The van der Waals surface area contributed by atoms with Crippen LogP contribution < -0.4 is 21.7 Å². The number of allylic oxidation sites excluding steroid dienone is 1. The van der Waals surface area contributed by atoms with Crippen molar-refractivity contribution in [3.63, 3.8) is 0 Å². The number of carbonyl (C=O) groups excluding carboxylic acids is 3. The summed E-state index contributed by atoms with van der Waals surface area (Å²) in [7, 11) is 1.50. The van der Waals surface area contributed by atoms with Crippen molar-refractivity contribution in [3.05, 3.63) is 102 Å². The summed E-state index contributed by atoms with van der Waals surface area (Å²) in [6.45, 7) is 12.2. The zero-order chi connectivity index (χ0) is 29.2. The lowest BCUT2D eigenvalue weighted by atomic mass is 9.98. The van der Waals surface area contributed by atoms with Gasteiger partial charge in [-0.2, -0.15) is 0 Å². The molecule has 0 aromatic heterocycles. The third-order valence-corrected chi connectivity index (χ3v) is 5.62. The summed E-state index contributed by atoms with van der Waals surface area (Å²) < 4.78 is 0. The van der Waals surface area contributed by atoms with E-state index in [9.17, 15) is 14.4 Å². The van der Waals surface area contributed by atoms with Crippen LogP contribution in [0.2, 0.25) is 0 Å². The maximum Gasteiger partial charge on any atom is 0.309 e. The topological polar surface area (TPSA) is 113 Å². The van der Waals surface area contributed by atoms with Crippen molar-refractivity contribution in [1.82, 2.24) is 16.0 Å². The molecule has 3 rings (SSSR count). The first-order valence-corrected chi connectivity index (χ1v) is 13.2. The Hall–Kier alpha value is -4.23. The Balaban J connectivity index is 0.00000181. The first kappa shape index (κ1) is 32.8. The highest BCUT2D eigenvalue weighted by molar-refractivity contribution is 6.35. The summed E-state index contributed by atoms with van der Waals surface area (Å²) in [4.78, 5) is 35.1. The van der Waals surface area contributed by atoms with Crippen LogP contribution in [0, 0.1) is 0 Å². The summed E-state index contributed by atoms with van der Waals surface area (Å²) in [5.74, 6) is -1.48. The molecule has 0 fully saturated rings. The summed E-state index contributed by atoms with van der Waals surface area (Å²) in [5, 5.41) is 11.1. The molecular weight excluding hydrogens is 488 g/mol. The Bertz CT molecular complexity index is 1260. The number of nitrogens with two attached hydrogens (primary N) is 1. The van der Waals surface area contributed by atoms with E-state index in [0.717, 1.165) is 16.8 Å². The Morgan fingerprint density at radius 2 is 1.51 bits per heavy atom. The largest absolute Gasteiger partial charge is 0.378 e. The summed E-state index contributed by atoms with van der Waals surface area (Å²) in [5.41, 5.74) is 8.12. The van der Waals surface area contributed by atoms with E-state index in [1.165, 1.54) is 36.4 Å². The van der Waals surface area contributed by atoms with E-state index in [2.05, 4.69) is 59.5 Å². The fourth-order valence-corrected chi connectivity index (χ4v) is 3.87. The van der Waals surface area contributed by atoms with E-state index in [1.54, 1.807) is 6.08 Å². The van der Waals surface area contributed by atoms with Crippen LogP contribution >= 0.6 is 0 Å². The average Bonchev–Trinajstić information content (AvgIpc) is 2.97. The van der Waals surface area contributed by atoms with E-state index < -0.39 is 11.8 Å². The molecule has 0 radical (unpaired) electrons. The molecule has 0 saturated carbocycles. The van der Waals surface area contributed by atoms with Gasteiger partial charge in [-0.15, -0.1) is 0 Å². The van der Waals surface area contributed by atoms with Crippen molar-refractivity contribution in [2.24, 2.45) is 5.73 Å². The second kappa shape index (κ2) is 18.1. The SMILES string of the molecule is C=C(NC(C)c1cccc2ccccc12)c1ccccc1CNC(=O)C(=O)NCC/C=C/C(C)=O.CC.CN. The molecule has 3 aromatic rings. The molecule has 7 nitrogen and oxygen atoms in total. The fourth-order valence-electron chi connectivity index (χ4n) is 3.87. The molecule has 0 aliphatic heterocycles. The number of benzene rings is 3. The minimum absolute atomic E-state index is 0.0130. The Kier molecular flexibility index (Phi) is 15.2. The zero-order valence-electron chi connectivity index (χ0n) is 23.7. The van der Waals surface area contributed by atoms with Gasteiger partial charge in [0, 0.05) is 30.4 Å². The van der Waals surface area contributed by atoms with Crippen molar-refractivity contribution in [3.8, 4) is 0 Å². The third-order valence-electron chi connectivity index (χ3n) is 5.62. The van der Waals surface area contributed by atoms with Gasteiger partial charge in [-0.1, -0.05) is 93.2 Å². The fraction of sp³-hybridized carbons (Fsp3) is 0.281. The van der Waals surface area contributed by atoms with Crippen LogP contribution in [0.3, 0.4) is 0 Å². The second-order valence-electron chi connectivity index (χ2n) is 8.31. The molecule has 7 heteroatoms. The van der Waals surface area contributed by atoms with Crippen LogP contribution in [-0.2, 0) is 20.9 Å². The highest BCUT2D eigenvalue weighted by atomic mass is 16.2. The van der Waals surface area contributed by atoms with Gasteiger partial charge in [0.1, 0.15) is 0 Å². The van der Waals surface area contributed by atoms with Crippen molar-refractivity contribution in [1.29, 1.82) is 0 Å². The van der Waals surface area contributed by atoms with Gasteiger partial charge in [-0.3, -0.25) is 14.4 Å². The molecule has 0 aliphatic carbocycles. The molecule has 3 aromatic carbocycles. The summed E-state index contributed by atoms with van der Waals surface area (Å²) in [6.07, 6.45) is 3.57. The van der Waals surface area contributed by atoms with Gasteiger partial charge in [0.25, 0.3) is 0 Å². The zero-order valence-corrected chi connectivity index (χ0v) is 23.7. The van der Waals surface area contributed by atoms with Gasteiger partial charge in [0.2, 0.25) is 0 Å². The minimum atomic E-state index is -0.710. The van der Waals surface area contributed by atoms with Crippen LogP contribution in [0.1, 0.15) is 56.8 Å². The van der Waals surface area contributed by atoms with Crippen LogP contribution in [-0.4, -0.2) is 31.2 Å². The van der Waals surface area contributed by atoms with Gasteiger partial charge >= 0.3 is 11.8 Å². The van der Waals surface area contributed by atoms with Crippen molar-refractivity contribution in [2.75, 3.05) is 13.6 Å². The maximum absolute atomic E-state index is 12.2. The number of nitrogens with one attached hydrogen (secondary N) is 3. The third kappa shape index (κ3) is 10.6. The molecule has 208 valence electrons. The maximum atomic E-state index is 12.2. The number of hydrogen-bond donors (Lipinski definition) is 4. The van der Waals surface area contributed by atoms with E-state index in [-0.39, 0.29) is 24.9 Å². The Labute approximate surface area is 232 Å². The normalized spacial score (nSPS) is 10.8. The number of hydrogen-bond acceptors (Lipinski definition) is 5. The molecule has 0 bridgehead atoms. The Morgan fingerprint density at radius 1 is 0.897 bits per heavy atom. The van der Waals surface area contributed by atoms with Gasteiger partial charge in [-0.25, -0.2) is 0 Å². The van der Waals surface area contributed by atoms with Gasteiger partial charge < -0.3 is 21.7 Å². The number of fused-ring (bicyclic) bond motifs is 1. The first-order chi connectivity index (χ1) is 18.9. The lowest BCUT2D eigenvalue weighted by Gasteiger charge is -2.21. The lowest BCUT2D eigenvalue weighted by molar-refractivity contribution is -0.139. The number of rotatable bonds is 10. The minimum Gasteiger partial charge on any atom is -0.378 e. The second-order valence-corrected chi connectivity index (χ2v) is 8.31. The van der Waals surface area contributed by atoms with Crippen LogP contribution in [0.4, 0.5) is 0 Å². The molecule has 1 unspecified atom stereocenters. The highest BCUT2D eigenvalue weighted by Crippen LogP contribution is 2.26. The predicted octanol–water partition coefficient (Wildman–Crippen LogP) is 5.03. The summed E-state index contributed by atoms with van der Waals surface area (Å²) >= 11 is 0.